The van der Waals surface area contributed by atoms with Crippen LogP contribution in [-0.2, 0) is 6.54 Å². The summed E-state index contributed by atoms with van der Waals surface area (Å²) in [5.41, 5.74) is 1.25. The van der Waals surface area contributed by atoms with Crippen molar-refractivity contribution in [3.8, 4) is 22.9 Å². The fraction of sp³-hybridized carbons (Fsp3) is 0.222. The number of hydrogen-bond donors (Lipinski definition) is 0. The maximum Gasteiger partial charge on any atom is 0.204 e. The van der Waals surface area contributed by atoms with Gasteiger partial charge >= 0.3 is 0 Å². The van der Waals surface area contributed by atoms with Gasteiger partial charge in [0.05, 0.1) is 13.2 Å². The first-order valence-electron chi connectivity index (χ1n) is 8.16. The van der Waals surface area contributed by atoms with E-state index in [1.807, 2.05) is 6.07 Å². The van der Waals surface area contributed by atoms with Crippen LogP contribution in [0.5, 0.6) is 11.5 Å². The number of ether oxygens (including phenoxy) is 2. The first-order chi connectivity index (χ1) is 12.7. The lowest BCUT2D eigenvalue weighted by Gasteiger charge is -2.08. The summed E-state index contributed by atoms with van der Waals surface area (Å²) < 4.78 is 11.2. The van der Waals surface area contributed by atoms with Gasteiger partial charge < -0.3 is 9.47 Å². The minimum atomic E-state index is -0.143. The Labute approximate surface area is 154 Å². The van der Waals surface area contributed by atoms with Crippen molar-refractivity contribution in [1.29, 1.82) is 0 Å². The standard InChI is InChI=1S/C18H15ClN4O3/c19-14-4-1-3-13(9-14)18-20-22-23(21-18)11-15(24)12-5-6-16-17(10-12)26-8-2-7-25-16/h1,3-6,9-10H,2,7-8,11H2. The number of ketones is 1. The van der Waals surface area contributed by atoms with Gasteiger partial charge in [0, 0.05) is 22.6 Å². The van der Waals surface area contributed by atoms with Crippen LogP contribution in [0.15, 0.2) is 42.5 Å². The minimum absolute atomic E-state index is 0.0206. The van der Waals surface area contributed by atoms with Gasteiger partial charge in [0.25, 0.3) is 0 Å². The van der Waals surface area contributed by atoms with E-state index in [4.69, 9.17) is 21.1 Å². The number of hydrogen-bond acceptors (Lipinski definition) is 6. The topological polar surface area (TPSA) is 79.1 Å². The Morgan fingerprint density at radius 2 is 1.96 bits per heavy atom. The second-order valence-corrected chi connectivity index (χ2v) is 6.23. The van der Waals surface area contributed by atoms with Crippen molar-refractivity contribution < 1.29 is 14.3 Å². The van der Waals surface area contributed by atoms with Gasteiger partial charge in [-0.1, -0.05) is 23.7 Å². The predicted molar refractivity (Wildman–Crippen MR) is 94.6 cm³/mol. The van der Waals surface area contributed by atoms with Crippen LogP contribution in [0.2, 0.25) is 5.02 Å². The summed E-state index contributed by atoms with van der Waals surface area (Å²) in [5, 5.41) is 12.8. The van der Waals surface area contributed by atoms with Crippen molar-refractivity contribution in [3.63, 3.8) is 0 Å². The maximum atomic E-state index is 12.5. The molecule has 26 heavy (non-hydrogen) atoms. The molecule has 0 amide bonds. The van der Waals surface area contributed by atoms with Gasteiger partial charge in [0.15, 0.2) is 17.3 Å². The summed E-state index contributed by atoms with van der Waals surface area (Å²) >= 11 is 5.98. The second kappa shape index (κ2) is 7.13. The molecule has 2 aromatic carbocycles. The predicted octanol–water partition coefficient (Wildman–Crippen LogP) is 3.04. The molecule has 0 bridgehead atoms. The van der Waals surface area contributed by atoms with E-state index >= 15 is 0 Å². The van der Waals surface area contributed by atoms with Gasteiger partial charge in [-0.15, -0.1) is 10.2 Å². The summed E-state index contributed by atoms with van der Waals surface area (Å²) in [4.78, 5) is 13.8. The average Bonchev–Trinajstić information content (AvgIpc) is 2.97. The van der Waals surface area contributed by atoms with E-state index in [2.05, 4.69) is 15.4 Å². The SMILES string of the molecule is O=C(Cn1nnc(-c2cccc(Cl)c2)n1)c1ccc2c(c1)OCCCO2. The van der Waals surface area contributed by atoms with Gasteiger partial charge in [-0.05, 0) is 35.5 Å². The number of rotatable bonds is 4. The second-order valence-electron chi connectivity index (χ2n) is 5.79. The minimum Gasteiger partial charge on any atom is -0.490 e. The van der Waals surface area contributed by atoms with E-state index in [0.29, 0.717) is 41.1 Å². The number of aromatic nitrogens is 4. The van der Waals surface area contributed by atoms with Gasteiger partial charge in [-0.3, -0.25) is 4.79 Å². The molecule has 0 radical (unpaired) electrons. The van der Waals surface area contributed by atoms with E-state index in [-0.39, 0.29) is 12.3 Å². The van der Waals surface area contributed by atoms with E-state index < -0.39 is 0 Å². The first kappa shape index (κ1) is 16.5. The zero-order valence-corrected chi connectivity index (χ0v) is 14.5. The Morgan fingerprint density at radius 3 is 2.81 bits per heavy atom. The van der Waals surface area contributed by atoms with Crippen LogP contribution < -0.4 is 9.47 Å². The fourth-order valence-corrected chi connectivity index (χ4v) is 2.80. The molecule has 0 N–H and O–H groups in total. The zero-order valence-electron chi connectivity index (χ0n) is 13.8. The molecule has 1 aliphatic rings. The van der Waals surface area contributed by atoms with Gasteiger partial charge in [-0.25, -0.2) is 0 Å². The smallest absolute Gasteiger partial charge is 0.204 e. The highest BCUT2D eigenvalue weighted by atomic mass is 35.5. The Kier molecular flexibility index (Phi) is 4.53. The molecule has 0 spiro atoms. The summed E-state index contributed by atoms with van der Waals surface area (Å²) in [6.07, 6.45) is 0.813. The normalized spacial score (nSPS) is 13.3. The van der Waals surface area contributed by atoms with Crippen molar-refractivity contribution in [2.24, 2.45) is 0 Å². The third-order valence-electron chi connectivity index (χ3n) is 3.89. The molecule has 0 fully saturated rings. The molecule has 8 heteroatoms. The van der Waals surface area contributed by atoms with Crippen LogP contribution in [0.3, 0.4) is 0 Å². The number of halogens is 1. The van der Waals surface area contributed by atoms with Crippen LogP contribution in [-0.4, -0.2) is 39.2 Å². The fourth-order valence-electron chi connectivity index (χ4n) is 2.61. The lowest BCUT2D eigenvalue weighted by atomic mass is 10.1. The maximum absolute atomic E-state index is 12.5. The quantitative estimate of drug-likeness (QED) is 0.657. The molecule has 0 saturated carbocycles. The molecule has 7 nitrogen and oxygen atoms in total. The molecule has 3 aromatic rings. The van der Waals surface area contributed by atoms with Crippen LogP contribution in [0, 0.1) is 0 Å². The Morgan fingerprint density at radius 1 is 1.12 bits per heavy atom. The number of Topliss-reactive ketones (excluding diaryl/α,β-unsaturated/α-hetero) is 1. The Hall–Kier alpha value is -2.93. The molecule has 0 unspecified atom stereocenters. The Balaban J connectivity index is 1.51. The number of fused-ring (bicyclic) bond motifs is 1. The number of nitrogens with zero attached hydrogens (tertiary/aromatic N) is 4. The Bertz CT molecular complexity index is 957. The largest absolute Gasteiger partial charge is 0.490 e. The lowest BCUT2D eigenvalue weighted by molar-refractivity contribution is 0.0961. The number of tetrazole rings is 1. The zero-order chi connectivity index (χ0) is 17.9. The van der Waals surface area contributed by atoms with Crippen LogP contribution in [0.25, 0.3) is 11.4 Å². The molecule has 1 aromatic heterocycles. The third-order valence-corrected chi connectivity index (χ3v) is 4.13. The van der Waals surface area contributed by atoms with E-state index in [1.165, 1.54) is 4.80 Å². The molecular formula is C18H15ClN4O3. The first-order valence-corrected chi connectivity index (χ1v) is 8.53. The van der Waals surface area contributed by atoms with Gasteiger partial charge in [-0.2, -0.15) is 4.80 Å². The van der Waals surface area contributed by atoms with Crippen molar-refractivity contribution in [2.45, 2.75) is 13.0 Å². The number of carbonyl (C=O) groups excluding carboxylic acids is 1. The van der Waals surface area contributed by atoms with Crippen LogP contribution in [0.4, 0.5) is 0 Å². The van der Waals surface area contributed by atoms with Crippen molar-refractivity contribution >= 4 is 17.4 Å². The van der Waals surface area contributed by atoms with Gasteiger partial charge in [0.1, 0.15) is 6.54 Å². The van der Waals surface area contributed by atoms with Gasteiger partial charge in [0.2, 0.25) is 5.82 Å². The highest BCUT2D eigenvalue weighted by Crippen LogP contribution is 2.30. The molecule has 0 atom stereocenters. The summed E-state index contributed by atoms with van der Waals surface area (Å²) in [6, 6.07) is 12.3. The van der Waals surface area contributed by atoms with Crippen molar-refractivity contribution in [3.05, 3.63) is 53.1 Å². The molecule has 2 heterocycles. The summed E-state index contributed by atoms with van der Waals surface area (Å²) in [5.74, 6) is 1.51. The molecule has 1 aliphatic heterocycles. The molecule has 0 saturated heterocycles. The number of benzene rings is 2. The van der Waals surface area contributed by atoms with Crippen LogP contribution >= 0.6 is 11.6 Å². The van der Waals surface area contributed by atoms with Crippen LogP contribution in [0.1, 0.15) is 16.8 Å². The summed E-state index contributed by atoms with van der Waals surface area (Å²) in [6.45, 7) is 1.15. The molecular weight excluding hydrogens is 356 g/mol. The van der Waals surface area contributed by atoms with E-state index in [1.54, 1.807) is 36.4 Å². The highest BCUT2D eigenvalue weighted by Gasteiger charge is 2.16. The van der Waals surface area contributed by atoms with Crippen molar-refractivity contribution in [2.75, 3.05) is 13.2 Å². The molecule has 4 rings (SSSR count). The van der Waals surface area contributed by atoms with Crippen molar-refractivity contribution in [1.82, 2.24) is 20.2 Å². The average molecular weight is 371 g/mol. The van der Waals surface area contributed by atoms with E-state index in [0.717, 1.165) is 12.0 Å². The van der Waals surface area contributed by atoms with E-state index in [9.17, 15) is 4.79 Å². The molecule has 0 aliphatic carbocycles. The third kappa shape index (κ3) is 3.52. The molecule has 132 valence electrons. The monoisotopic (exact) mass is 370 g/mol. The summed E-state index contributed by atoms with van der Waals surface area (Å²) in [7, 11) is 0. The highest BCUT2D eigenvalue weighted by molar-refractivity contribution is 6.30. The number of carbonyl (C=O) groups is 1. The lowest BCUT2D eigenvalue weighted by Crippen LogP contribution is -2.13.